The van der Waals surface area contributed by atoms with Crippen molar-refractivity contribution in [3.63, 3.8) is 0 Å². The lowest BCUT2D eigenvalue weighted by Crippen LogP contribution is -2.34. The van der Waals surface area contributed by atoms with Crippen molar-refractivity contribution in [3.8, 4) is 11.3 Å². The highest BCUT2D eigenvalue weighted by Crippen LogP contribution is 2.23. The average molecular weight is 370 g/mol. The maximum Gasteiger partial charge on any atom is 0.263 e. The predicted octanol–water partition coefficient (Wildman–Crippen LogP) is 3.63. The van der Waals surface area contributed by atoms with Crippen LogP contribution in [0.4, 0.5) is 10.2 Å². The Morgan fingerprint density at radius 2 is 1.96 bits per heavy atom. The molecule has 1 aliphatic rings. The van der Waals surface area contributed by atoms with E-state index in [1.165, 1.54) is 23.5 Å². The van der Waals surface area contributed by atoms with Crippen LogP contribution in [-0.2, 0) is 0 Å². The zero-order chi connectivity index (χ0) is 17.9. The van der Waals surface area contributed by atoms with Crippen LogP contribution >= 0.6 is 11.3 Å². The molecule has 0 aliphatic carbocycles. The molecule has 26 heavy (non-hydrogen) atoms. The predicted molar refractivity (Wildman–Crippen MR) is 101 cm³/mol. The number of nitrogens with one attached hydrogen (secondary N) is 1. The van der Waals surface area contributed by atoms with Crippen LogP contribution in [0.2, 0.25) is 0 Å². The monoisotopic (exact) mass is 370 g/mol. The summed E-state index contributed by atoms with van der Waals surface area (Å²) in [6.45, 7) is 3.02. The van der Waals surface area contributed by atoms with Crippen LogP contribution in [0.15, 0.2) is 47.8 Å². The molecule has 1 N–H and O–H groups in total. The molecule has 3 aromatic rings. The molecule has 0 spiro atoms. The van der Waals surface area contributed by atoms with E-state index >= 15 is 0 Å². The van der Waals surface area contributed by atoms with Gasteiger partial charge in [-0.25, -0.2) is 4.39 Å². The van der Waals surface area contributed by atoms with Gasteiger partial charge in [0, 0.05) is 32.2 Å². The van der Waals surface area contributed by atoms with Crippen LogP contribution in [0.25, 0.3) is 11.3 Å². The van der Waals surface area contributed by atoms with E-state index in [2.05, 4.69) is 15.1 Å². The Hall–Kier alpha value is -2.67. The van der Waals surface area contributed by atoms with E-state index in [4.69, 9.17) is 0 Å². The Balaban J connectivity index is 1.44. The van der Waals surface area contributed by atoms with E-state index in [0.29, 0.717) is 6.54 Å². The first-order valence-electron chi connectivity index (χ1n) is 8.60. The fraction of sp³-hybridized carbons (Fsp3) is 0.263. The fourth-order valence-corrected chi connectivity index (χ4v) is 3.85. The summed E-state index contributed by atoms with van der Waals surface area (Å²) >= 11 is 1.48. The number of aromatic nitrogens is 2. The van der Waals surface area contributed by atoms with Gasteiger partial charge in [-0.3, -0.25) is 9.89 Å². The van der Waals surface area contributed by atoms with Gasteiger partial charge in [0.25, 0.3) is 5.91 Å². The Labute approximate surface area is 155 Å². The lowest BCUT2D eigenvalue weighted by molar-refractivity contribution is 0.0772. The van der Waals surface area contributed by atoms with Crippen molar-refractivity contribution in [2.45, 2.75) is 6.42 Å². The number of amides is 1. The van der Waals surface area contributed by atoms with E-state index in [9.17, 15) is 9.18 Å². The van der Waals surface area contributed by atoms with Crippen molar-refractivity contribution < 1.29 is 9.18 Å². The van der Waals surface area contributed by atoms with E-state index in [0.717, 1.165) is 48.0 Å². The summed E-state index contributed by atoms with van der Waals surface area (Å²) in [5, 5.41) is 9.36. The summed E-state index contributed by atoms with van der Waals surface area (Å²) in [5.74, 6) is 0.710. The van der Waals surface area contributed by atoms with Crippen LogP contribution in [0.5, 0.6) is 0 Å². The normalized spacial score (nSPS) is 15.1. The molecule has 1 amide bonds. The number of hydrogen-bond acceptors (Lipinski definition) is 4. The maximum absolute atomic E-state index is 13.1. The first-order valence-corrected chi connectivity index (χ1v) is 9.48. The lowest BCUT2D eigenvalue weighted by Gasteiger charge is -2.21. The zero-order valence-electron chi connectivity index (χ0n) is 14.2. The molecular weight excluding hydrogens is 351 g/mol. The number of thiophene rings is 1. The van der Waals surface area contributed by atoms with Crippen LogP contribution in [-0.4, -0.2) is 47.2 Å². The number of rotatable bonds is 3. The molecule has 0 radical (unpaired) electrons. The summed E-state index contributed by atoms with van der Waals surface area (Å²) in [4.78, 5) is 17.4. The molecule has 0 atom stereocenters. The standard InChI is InChI=1S/C19H19FN4OS/c20-15-6-4-14(5-7-15)16-13-18(22-21-16)23-8-2-9-24(11-10-23)19(25)17-3-1-12-26-17/h1,3-7,12-13H,2,8-11H2,(H,21,22). The van der Waals surface area contributed by atoms with Crippen molar-refractivity contribution in [2.75, 3.05) is 31.1 Å². The summed E-state index contributed by atoms with van der Waals surface area (Å²) in [6.07, 6.45) is 0.899. The van der Waals surface area contributed by atoms with Crippen molar-refractivity contribution in [1.29, 1.82) is 0 Å². The highest BCUT2D eigenvalue weighted by atomic mass is 32.1. The number of carbonyl (C=O) groups excluding carboxylic acids is 1. The van der Waals surface area contributed by atoms with Crippen LogP contribution < -0.4 is 4.90 Å². The van der Waals surface area contributed by atoms with Gasteiger partial charge in [0.1, 0.15) is 5.82 Å². The second-order valence-electron chi connectivity index (χ2n) is 6.26. The summed E-state index contributed by atoms with van der Waals surface area (Å²) < 4.78 is 13.1. The van der Waals surface area contributed by atoms with E-state index in [1.54, 1.807) is 12.1 Å². The Morgan fingerprint density at radius 3 is 2.73 bits per heavy atom. The molecular formula is C19H19FN4OS. The van der Waals surface area contributed by atoms with Gasteiger partial charge in [-0.05, 0) is 47.7 Å². The highest BCUT2D eigenvalue weighted by Gasteiger charge is 2.22. The number of nitrogens with zero attached hydrogens (tertiary/aromatic N) is 3. The molecule has 134 valence electrons. The molecule has 7 heteroatoms. The van der Waals surface area contributed by atoms with Crippen molar-refractivity contribution in [2.24, 2.45) is 0 Å². The van der Waals surface area contributed by atoms with Crippen LogP contribution in [0.1, 0.15) is 16.1 Å². The number of hydrogen-bond donors (Lipinski definition) is 1. The molecule has 1 saturated heterocycles. The summed E-state index contributed by atoms with van der Waals surface area (Å²) in [5.41, 5.74) is 1.75. The number of benzene rings is 1. The maximum atomic E-state index is 13.1. The molecule has 1 fully saturated rings. The number of H-pyrrole nitrogens is 1. The zero-order valence-corrected chi connectivity index (χ0v) is 15.0. The van der Waals surface area contributed by atoms with Gasteiger partial charge in [0.05, 0.1) is 10.6 Å². The van der Waals surface area contributed by atoms with E-state index < -0.39 is 0 Å². The van der Waals surface area contributed by atoms with Gasteiger partial charge in [0.2, 0.25) is 0 Å². The molecule has 5 nitrogen and oxygen atoms in total. The topological polar surface area (TPSA) is 52.2 Å². The molecule has 3 heterocycles. The average Bonchev–Trinajstić information content (AvgIpc) is 3.30. The summed E-state index contributed by atoms with van der Waals surface area (Å²) in [6, 6.07) is 12.1. The quantitative estimate of drug-likeness (QED) is 0.766. The first kappa shape index (κ1) is 16.8. The number of aromatic amines is 1. The van der Waals surface area contributed by atoms with E-state index in [1.807, 2.05) is 28.5 Å². The second-order valence-corrected chi connectivity index (χ2v) is 7.20. The van der Waals surface area contributed by atoms with E-state index in [-0.39, 0.29) is 11.7 Å². The van der Waals surface area contributed by atoms with Gasteiger partial charge in [0.15, 0.2) is 5.82 Å². The largest absolute Gasteiger partial charge is 0.353 e. The highest BCUT2D eigenvalue weighted by molar-refractivity contribution is 7.12. The number of anilines is 1. The lowest BCUT2D eigenvalue weighted by atomic mass is 10.1. The SMILES string of the molecule is O=C(c1cccs1)N1CCCN(c2cc(-c3ccc(F)cc3)[nH]n2)CC1. The van der Waals surface area contributed by atoms with Gasteiger partial charge < -0.3 is 9.80 Å². The third-order valence-corrected chi connectivity index (χ3v) is 5.42. The number of halogens is 1. The molecule has 0 saturated carbocycles. The second kappa shape index (κ2) is 7.29. The summed E-state index contributed by atoms with van der Waals surface area (Å²) in [7, 11) is 0. The van der Waals surface area contributed by atoms with Crippen LogP contribution in [0, 0.1) is 5.82 Å². The Morgan fingerprint density at radius 1 is 1.12 bits per heavy atom. The minimum atomic E-state index is -0.253. The molecule has 1 aromatic carbocycles. The minimum absolute atomic E-state index is 0.107. The van der Waals surface area contributed by atoms with Gasteiger partial charge in [-0.15, -0.1) is 11.3 Å². The minimum Gasteiger partial charge on any atom is -0.353 e. The first-order chi connectivity index (χ1) is 12.7. The molecule has 0 bridgehead atoms. The smallest absolute Gasteiger partial charge is 0.263 e. The Bertz CT molecular complexity index is 875. The molecule has 0 unspecified atom stereocenters. The van der Waals surface area contributed by atoms with Gasteiger partial charge in [-0.1, -0.05) is 6.07 Å². The Kier molecular flexibility index (Phi) is 4.71. The fourth-order valence-electron chi connectivity index (χ4n) is 3.16. The molecule has 4 rings (SSSR count). The van der Waals surface area contributed by atoms with Crippen molar-refractivity contribution in [1.82, 2.24) is 15.1 Å². The van der Waals surface area contributed by atoms with Gasteiger partial charge in [-0.2, -0.15) is 5.10 Å². The van der Waals surface area contributed by atoms with Crippen LogP contribution in [0.3, 0.4) is 0 Å². The molecule has 1 aliphatic heterocycles. The third kappa shape index (κ3) is 3.48. The number of carbonyl (C=O) groups is 1. The third-order valence-electron chi connectivity index (χ3n) is 4.56. The molecule has 2 aromatic heterocycles. The van der Waals surface area contributed by atoms with Gasteiger partial charge >= 0.3 is 0 Å². The van der Waals surface area contributed by atoms with Crippen molar-refractivity contribution in [3.05, 3.63) is 58.5 Å². The van der Waals surface area contributed by atoms with Crippen molar-refractivity contribution >= 4 is 23.1 Å².